The fourth-order valence-electron chi connectivity index (χ4n) is 2.03. The fraction of sp³-hybridized carbons (Fsp3) is 0.333. The van der Waals surface area contributed by atoms with Crippen molar-refractivity contribution in [3.8, 4) is 0 Å². The number of carboxylic acids is 1. The Hall–Kier alpha value is -1.92. The van der Waals surface area contributed by atoms with Crippen LogP contribution in [-0.2, 0) is 11.3 Å². The summed E-state index contributed by atoms with van der Waals surface area (Å²) in [6.45, 7) is 4.30. The number of benzene rings is 1. The van der Waals surface area contributed by atoms with Crippen LogP contribution in [0.3, 0.4) is 0 Å². The molecule has 0 fully saturated rings. The van der Waals surface area contributed by atoms with E-state index in [1.165, 1.54) is 11.3 Å². The molecule has 0 radical (unpaired) electrons. The van der Waals surface area contributed by atoms with Crippen molar-refractivity contribution in [2.45, 2.75) is 20.4 Å². The third-order valence-corrected chi connectivity index (χ3v) is 4.63. The average molecular weight is 306 g/mol. The van der Waals surface area contributed by atoms with Gasteiger partial charge in [-0.2, -0.15) is 0 Å². The maximum Gasteiger partial charge on any atom is 0.346 e. The Labute approximate surface area is 126 Å². The van der Waals surface area contributed by atoms with Crippen LogP contribution >= 0.6 is 11.3 Å². The van der Waals surface area contributed by atoms with Crippen LogP contribution < -0.4 is 11.1 Å². The lowest BCUT2D eigenvalue weighted by molar-refractivity contribution is -0.125. The first-order valence-corrected chi connectivity index (χ1v) is 7.39. The van der Waals surface area contributed by atoms with Gasteiger partial charge in [-0.15, -0.1) is 11.3 Å². The van der Waals surface area contributed by atoms with Crippen molar-refractivity contribution in [2.24, 2.45) is 11.1 Å². The molecule has 0 aliphatic heterocycles. The van der Waals surface area contributed by atoms with Gasteiger partial charge in [-0.1, -0.05) is 18.2 Å². The molecule has 1 aromatic carbocycles. The van der Waals surface area contributed by atoms with Gasteiger partial charge in [0.05, 0.1) is 5.41 Å². The number of carboxylic acid groups (broad SMARTS) is 1. The number of nitrogens with one attached hydrogen (secondary N) is 1. The number of nitrogens with two attached hydrogens (primary N) is 1. The van der Waals surface area contributed by atoms with E-state index in [0.29, 0.717) is 18.0 Å². The molecule has 1 aromatic heterocycles. The van der Waals surface area contributed by atoms with E-state index in [0.717, 1.165) is 15.6 Å². The molecule has 0 saturated carbocycles. The van der Waals surface area contributed by atoms with E-state index in [2.05, 4.69) is 5.32 Å². The van der Waals surface area contributed by atoms with Gasteiger partial charge in [0, 0.05) is 17.8 Å². The van der Waals surface area contributed by atoms with Crippen LogP contribution in [0.2, 0.25) is 0 Å². The molecular weight excluding hydrogens is 288 g/mol. The van der Waals surface area contributed by atoms with Crippen LogP contribution in [0, 0.1) is 5.41 Å². The van der Waals surface area contributed by atoms with Gasteiger partial charge in [0.1, 0.15) is 4.88 Å². The smallest absolute Gasteiger partial charge is 0.346 e. The van der Waals surface area contributed by atoms with Gasteiger partial charge < -0.3 is 16.2 Å². The number of thiophene rings is 1. The Morgan fingerprint density at radius 2 is 2.00 bits per heavy atom. The van der Waals surface area contributed by atoms with E-state index in [1.54, 1.807) is 13.8 Å². The molecule has 0 saturated heterocycles. The first-order valence-electron chi connectivity index (χ1n) is 6.57. The summed E-state index contributed by atoms with van der Waals surface area (Å²) in [5.41, 5.74) is 5.41. The molecule has 112 valence electrons. The van der Waals surface area contributed by atoms with Gasteiger partial charge in [-0.3, -0.25) is 4.79 Å². The van der Waals surface area contributed by atoms with Gasteiger partial charge in [0.15, 0.2) is 0 Å². The predicted octanol–water partition coefficient (Wildman–Crippen LogP) is 2.20. The number of rotatable bonds is 6. The van der Waals surface area contributed by atoms with E-state index in [4.69, 9.17) is 5.73 Å². The molecule has 2 aromatic rings. The van der Waals surface area contributed by atoms with E-state index in [9.17, 15) is 14.7 Å². The number of hydrogen-bond acceptors (Lipinski definition) is 4. The maximum absolute atomic E-state index is 11.4. The lowest BCUT2D eigenvalue weighted by Crippen LogP contribution is -2.40. The summed E-state index contributed by atoms with van der Waals surface area (Å²) in [6, 6.07) is 7.59. The number of amides is 1. The summed E-state index contributed by atoms with van der Waals surface area (Å²) in [7, 11) is 0. The Bertz CT molecular complexity index is 691. The van der Waals surface area contributed by atoms with Crippen molar-refractivity contribution >= 4 is 33.3 Å². The number of carbonyl (C=O) groups excluding carboxylic acids is 1. The highest BCUT2D eigenvalue weighted by Crippen LogP contribution is 2.31. The van der Waals surface area contributed by atoms with Crippen molar-refractivity contribution in [2.75, 3.05) is 6.54 Å². The molecule has 0 aliphatic rings. The van der Waals surface area contributed by atoms with Gasteiger partial charge >= 0.3 is 5.97 Å². The van der Waals surface area contributed by atoms with Gasteiger partial charge in [0.25, 0.3) is 0 Å². The lowest BCUT2D eigenvalue weighted by atomic mass is 9.92. The summed E-state index contributed by atoms with van der Waals surface area (Å²) in [5.74, 6) is -1.31. The molecule has 6 heteroatoms. The summed E-state index contributed by atoms with van der Waals surface area (Å²) >= 11 is 1.27. The zero-order valence-electron chi connectivity index (χ0n) is 12.0. The van der Waals surface area contributed by atoms with E-state index in [-0.39, 0.29) is 5.91 Å². The quantitative estimate of drug-likeness (QED) is 0.763. The zero-order chi connectivity index (χ0) is 15.6. The maximum atomic E-state index is 11.4. The molecule has 21 heavy (non-hydrogen) atoms. The first kappa shape index (κ1) is 15.5. The normalized spacial score (nSPS) is 11.7. The second kappa shape index (κ2) is 5.83. The summed E-state index contributed by atoms with van der Waals surface area (Å²) in [5, 5.41) is 13.4. The van der Waals surface area contributed by atoms with Crippen LogP contribution in [0.15, 0.2) is 24.3 Å². The number of carbonyl (C=O) groups is 2. The largest absolute Gasteiger partial charge is 0.477 e. The third-order valence-electron chi connectivity index (χ3n) is 3.43. The van der Waals surface area contributed by atoms with Gasteiger partial charge in [-0.25, -0.2) is 4.79 Å². The topological polar surface area (TPSA) is 92.4 Å². The predicted molar refractivity (Wildman–Crippen MR) is 83.5 cm³/mol. The standard InChI is InChI=1S/C15H18N2O3S/c1-15(2,14(16)20)8-17-7-10-9-5-3-4-6-11(9)21-12(10)13(18)19/h3-6,17H,7-8H2,1-2H3,(H2,16,20)(H,18,19). The second-order valence-electron chi connectivity index (χ2n) is 5.56. The first-order chi connectivity index (χ1) is 9.83. The van der Waals surface area contributed by atoms with Crippen LogP contribution in [0.25, 0.3) is 10.1 Å². The molecule has 4 N–H and O–H groups in total. The molecular formula is C15H18N2O3S. The van der Waals surface area contributed by atoms with Crippen molar-refractivity contribution in [1.82, 2.24) is 5.32 Å². The minimum absolute atomic E-state index is 0.334. The highest BCUT2D eigenvalue weighted by Gasteiger charge is 2.25. The third kappa shape index (κ3) is 3.22. The zero-order valence-corrected chi connectivity index (χ0v) is 12.8. The molecule has 2 rings (SSSR count). The molecule has 0 spiro atoms. The number of primary amides is 1. The minimum Gasteiger partial charge on any atom is -0.477 e. The average Bonchev–Trinajstić information content (AvgIpc) is 2.78. The monoisotopic (exact) mass is 306 g/mol. The van der Waals surface area contributed by atoms with Crippen molar-refractivity contribution in [3.05, 3.63) is 34.7 Å². The van der Waals surface area contributed by atoms with Crippen LogP contribution in [0.4, 0.5) is 0 Å². The highest BCUT2D eigenvalue weighted by atomic mass is 32.1. The summed E-state index contributed by atoms with van der Waals surface area (Å²) in [4.78, 5) is 23.0. The summed E-state index contributed by atoms with van der Waals surface area (Å²) in [6.07, 6.45) is 0. The number of hydrogen-bond donors (Lipinski definition) is 3. The van der Waals surface area contributed by atoms with Crippen molar-refractivity contribution < 1.29 is 14.7 Å². The molecule has 0 bridgehead atoms. The van der Waals surface area contributed by atoms with Gasteiger partial charge in [-0.05, 0) is 30.9 Å². The molecule has 5 nitrogen and oxygen atoms in total. The molecule has 0 aliphatic carbocycles. The molecule has 0 atom stereocenters. The minimum atomic E-state index is -0.929. The SMILES string of the molecule is CC(C)(CNCc1c(C(=O)O)sc2ccccc12)C(N)=O. The Kier molecular flexibility index (Phi) is 4.29. The number of aromatic carboxylic acids is 1. The molecule has 1 heterocycles. The van der Waals surface area contributed by atoms with E-state index >= 15 is 0 Å². The Balaban J connectivity index is 2.23. The lowest BCUT2D eigenvalue weighted by Gasteiger charge is -2.20. The Morgan fingerprint density at radius 1 is 1.33 bits per heavy atom. The second-order valence-corrected chi connectivity index (χ2v) is 6.61. The molecule has 0 unspecified atom stereocenters. The van der Waals surface area contributed by atoms with Crippen LogP contribution in [0.1, 0.15) is 29.1 Å². The fourth-order valence-corrected chi connectivity index (χ4v) is 3.09. The van der Waals surface area contributed by atoms with E-state index < -0.39 is 11.4 Å². The Morgan fingerprint density at radius 3 is 2.62 bits per heavy atom. The highest BCUT2D eigenvalue weighted by molar-refractivity contribution is 7.21. The molecule has 1 amide bonds. The van der Waals surface area contributed by atoms with Crippen molar-refractivity contribution in [1.29, 1.82) is 0 Å². The van der Waals surface area contributed by atoms with Crippen LogP contribution in [-0.4, -0.2) is 23.5 Å². The number of fused-ring (bicyclic) bond motifs is 1. The van der Waals surface area contributed by atoms with Crippen molar-refractivity contribution in [3.63, 3.8) is 0 Å². The van der Waals surface area contributed by atoms with Gasteiger partial charge in [0.2, 0.25) is 5.91 Å². The van der Waals surface area contributed by atoms with Crippen LogP contribution in [0.5, 0.6) is 0 Å². The summed E-state index contributed by atoms with van der Waals surface area (Å²) < 4.78 is 0.945. The van der Waals surface area contributed by atoms with E-state index in [1.807, 2.05) is 24.3 Å².